The summed E-state index contributed by atoms with van der Waals surface area (Å²) in [5, 5.41) is 23.9. The Morgan fingerprint density at radius 2 is 1.21 bits per heavy atom. The number of imidazole rings is 1. The van der Waals surface area contributed by atoms with Gasteiger partial charge in [-0.3, -0.25) is 18.8 Å². The zero-order valence-electron chi connectivity index (χ0n) is 42.0. The Morgan fingerprint density at radius 3 is 1.78 bits per heavy atom. The summed E-state index contributed by atoms with van der Waals surface area (Å²) in [6, 6.07) is 54.9. The number of benzene rings is 7. The van der Waals surface area contributed by atoms with Crippen molar-refractivity contribution in [3.05, 3.63) is 234 Å². The first-order valence-electron chi connectivity index (χ1n) is 24.9. The minimum Gasteiger partial charge on any atom is -0.480 e. The van der Waals surface area contributed by atoms with E-state index >= 15 is 0 Å². The number of nitrogens with zero attached hydrogens (tertiary/aromatic N) is 4. The van der Waals surface area contributed by atoms with Gasteiger partial charge in [0.2, 0.25) is 26.0 Å². The molecule has 2 aromatic heterocycles. The standard InChI is InChI=1S/C58H55N9O9S2/c68-54(62-40-52(55(69)70)65-78(74,75)51-29-24-44(25-30-51)43-22-27-50(28-23-43)77(72,73)64-34-33-61-57(71)76-41-42-14-5-1-6-15-42)45-26-31-53-46(38-45)39-63-67(53)36-13-32-59-56-60-35-37-66(56)58(47-16-7-2-8-17-47,48-18-9-3-10-19-48)49-20-11-4-12-21-49/h1-12,14-31,35,37-39,52,64-65H,13,32-34,36,40-41H2,(H,59,60)(H,61,71)(H,62,68)(H,69,70)/t52-/m0/s1. The maximum Gasteiger partial charge on any atom is 0.407 e. The van der Waals surface area contributed by atoms with Crippen LogP contribution in [0, 0.1) is 0 Å². The van der Waals surface area contributed by atoms with Gasteiger partial charge in [-0.05, 0) is 82.3 Å². The zero-order chi connectivity index (χ0) is 54.5. The van der Waals surface area contributed by atoms with Crippen LogP contribution in [-0.4, -0.2) is 91.5 Å². The molecule has 78 heavy (non-hydrogen) atoms. The van der Waals surface area contributed by atoms with E-state index in [9.17, 15) is 36.3 Å². The number of sulfonamides is 2. The zero-order valence-corrected chi connectivity index (χ0v) is 43.6. The third kappa shape index (κ3) is 12.5. The Balaban J connectivity index is 0.763. The molecule has 0 radical (unpaired) electrons. The highest BCUT2D eigenvalue weighted by Crippen LogP contribution is 2.42. The topological polar surface area (TPSA) is 245 Å². The highest BCUT2D eigenvalue weighted by molar-refractivity contribution is 7.89. The molecule has 6 N–H and O–H groups in total. The fourth-order valence-corrected chi connectivity index (χ4v) is 11.3. The van der Waals surface area contributed by atoms with E-state index < -0.39 is 56.1 Å². The van der Waals surface area contributed by atoms with Gasteiger partial charge in [0.25, 0.3) is 5.91 Å². The maximum absolute atomic E-state index is 13.4. The molecule has 9 rings (SSSR count). The number of alkyl carbamates (subject to hydrolysis) is 1. The van der Waals surface area contributed by atoms with Crippen LogP contribution < -0.4 is 25.4 Å². The number of carbonyl (C=O) groups excluding carboxylic acids is 2. The Morgan fingerprint density at radius 1 is 0.641 bits per heavy atom. The van der Waals surface area contributed by atoms with Gasteiger partial charge >= 0.3 is 12.1 Å². The van der Waals surface area contributed by atoms with Crippen molar-refractivity contribution in [1.29, 1.82) is 0 Å². The van der Waals surface area contributed by atoms with Crippen LogP contribution in [0.25, 0.3) is 22.0 Å². The van der Waals surface area contributed by atoms with E-state index in [0.717, 1.165) is 27.8 Å². The van der Waals surface area contributed by atoms with Crippen molar-refractivity contribution in [3.63, 3.8) is 0 Å². The lowest BCUT2D eigenvalue weighted by Gasteiger charge is -2.38. The quantitative estimate of drug-likeness (QED) is 0.0253. The van der Waals surface area contributed by atoms with Gasteiger partial charge in [0.1, 0.15) is 18.2 Å². The van der Waals surface area contributed by atoms with E-state index in [1.165, 1.54) is 36.4 Å². The van der Waals surface area contributed by atoms with Crippen molar-refractivity contribution in [2.75, 3.05) is 31.5 Å². The smallest absolute Gasteiger partial charge is 0.407 e. The van der Waals surface area contributed by atoms with Crippen LogP contribution in [0.3, 0.4) is 0 Å². The first kappa shape index (κ1) is 53.9. The fourth-order valence-electron chi connectivity index (χ4n) is 9.09. The van der Waals surface area contributed by atoms with Gasteiger partial charge in [0.05, 0.1) is 21.5 Å². The second-order valence-corrected chi connectivity index (χ2v) is 21.5. The third-order valence-corrected chi connectivity index (χ3v) is 15.9. The molecule has 0 aliphatic rings. The number of rotatable bonds is 24. The first-order valence-corrected chi connectivity index (χ1v) is 27.9. The number of aryl methyl sites for hydroxylation is 1. The van der Waals surface area contributed by atoms with Gasteiger partial charge in [0.15, 0.2) is 0 Å². The van der Waals surface area contributed by atoms with Crippen molar-refractivity contribution in [1.82, 2.24) is 39.4 Å². The largest absolute Gasteiger partial charge is 0.480 e. The number of hydrogen-bond donors (Lipinski definition) is 6. The molecule has 9 aromatic rings. The molecule has 0 aliphatic carbocycles. The number of aliphatic carboxylic acids is 1. The SMILES string of the molecule is O=C(NCCNS(=O)(=O)c1ccc(-c2ccc(S(=O)(=O)N[C@@H](CNC(=O)c3ccc4c(cnn4CCCNc4nccn4C(c4ccccc4)(c4ccccc4)c4ccccc4)c3)C(=O)O)cc2)cc1)OCc1ccccc1. The molecule has 7 aromatic carbocycles. The summed E-state index contributed by atoms with van der Waals surface area (Å²) in [7, 11) is -8.32. The second-order valence-electron chi connectivity index (χ2n) is 18.0. The number of anilines is 1. The number of hydrogen-bond acceptors (Lipinski definition) is 11. The van der Waals surface area contributed by atoms with E-state index in [-0.39, 0.29) is 35.1 Å². The Labute approximate surface area is 451 Å². The molecule has 398 valence electrons. The van der Waals surface area contributed by atoms with Crippen LogP contribution in [-0.2, 0) is 48.3 Å². The normalized spacial score (nSPS) is 12.2. The van der Waals surface area contributed by atoms with Crippen LogP contribution in [0.4, 0.5) is 10.7 Å². The van der Waals surface area contributed by atoms with Crippen LogP contribution in [0.1, 0.15) is 39.0 Å². The Hall–Kier alpha value is -8.95. The van der Waals surface area contributed by atoms with Gasteiger partial charge in [-0.2, -0.15) is 9.82 Å². The predicted octanol–water partition coefficient (Wildman–Crippen LogP) is 7.61. The third-order valence-electron chi connectivity index (χ3n) is 12.9. The summed E-state index contributed by atoms with van der Waals surface area (Å²) in [4.78, 5) is 42.2. The fraction of sp³-hybridized carbons (Fsp3) is 0.155. The predicted molar refractivity (Wildman–Crippen MR) is 295 cm³/mol. The molecule has 1 atom stereocenters. The number of carboxylic acid groups (broad SMARTS) is 1. The van der Waals surface area contributed by atoms with Gasteiger partial charge in [-0.1, -0.05) is 146 Å². The average molecular weight is 1090 g/mol. The molecule has 0 saturated heterocycles. The van der Waals surface area contributed by atoms with E-state index in [1.54, 1.807) is 42.7 Å². The molecule has 2 amide bonds. The minimum absolute atomic E-state index is 0.0111. The van der Waals surface area contributed by atoms with Crippen molar-refractivity contribution >= 4 is 54.9 Å². The summed E-state index contributed by atoms with van der Waals surface area (Å²) in [6.45, 7) is 0.527. The highest BCUT2D eigenvalue weighted by atomic mass is 32.2. The monoisotopic (exact) mass is 1090 g/mol. The van der Waals surface area contributed by atoms with Crippen LogP contribution in [0.2, 0.25) is 0 Å². The summed E-state index contributed by atoms with van der Waals surface area (Å²) in [5.74, 6) is -1.42. The molecule has 0 bridgehead atoms. The average Bonchev–Trinajstić information content (AvgIpc) is 4.29. The van der Waals surface area contributed by atoms with Crippen molar-refractivity contribution in [2.24, 2.45) is 0 Å². The number of nitrogens with one attached hydrogen (secondary N) is 5. The molecule has 18 nitrogen and oxygen atoms in total. The summed E-state index contributed by atoms with van der Waals surface area (Å²) in [6.07, 6.45) is 5.43. The maximum atomic E-state index is 13.4. The lowest BCUT2D eigenvalue weighted by atomic mass is 9.76. The highest BCUT2D eigenvalue weighted by Gasteiger charge is 2.39. The second kappa shape index (κ2) is 24.4. The number of ether oxygens (including phenoxy) is 1. The molecule has 0 unspecified atom stereocenters. The van der Waals surface area contributed by atoms with E-state index in [4.69, 9.17) is 9.72 Å². The van der Waals surface area contributed by atoms with E-state index in [1.807, 2.05) is 95.8 Å². The number of aromatic nitrogens is 4. The van der Waals surface area contributed by atoms with Gasteiger partial charge in [-0.15, -0.1) is 0 Å². The van der Waals surface area contributed by atoms with E-state index in [2.05, 4.69) is 71.5 Å². The Kier molecular flexibility index (Phi) is 16.8. The lowest BCUT2D eigenvalue weighted by molar-refractivity contribution is -0.138. The summed E-state index contributed by atoms with van der Waals surface area (Å²) in [5.41, 5.74) is 5.44. The number of amides is 2. The lowest BCUT2D eigenvalue weighted by Crippen LogP contribution is -2.48. The van der Waals surface area contributed by atoms with Crippen molar-refractivity contribution in [3.8, 4) is 11.1 Å². The molecule has 20 heteroatoms. The number of fused-ring (bicyclic) bond motifs is 1. The molecular weight excluding hydrogens is 1030 g/mol. The van der Waals surface area contributed by atoms with Crippen LogP contribution in [0.15, 0.2) is 216 Å². The molecule has 0 saturated carbocycles. The molecule has 2 heterocycles. The van der Waals surface area contributed by atoms with Crippen molar-refractivity contribution in [2.45, 2.75) is 40.9 Å². The van der Waals surface area contributed by atoms with Gasteiger partial charge in [-0.25, -0.2) is 31.3 Å². The van der Waals surface area contributed by atoms with Gasteiger partial charge in [0, 0.05) is 56.1 Å². The molecule has 0 spiro atoms. The first-order chi connectivity index (χ1) is 37.8. The van der Waals surface area contributed by atoms with Gasteiger partial charge < -0.3 is 25.8 Å². The summed E-state index contributed by atoms with van der Waals surface area (Å²) < 4.78 is 66.4. The van der Waals surface area contributed by atoms with Crippen LogP contribution in [0.5, 0.6) is 0 Å². The molecular formula is C58H55N9O9S2. The number of carbonyl (C=O) groups is 3. The molecule has 0 aliphatic heterocycles. The van der Waals surface area contributed by atoms with Crippen LogP contribution >= 0.6 is 0 Å². The van der Waals surface area contributed by atoms with Crippen molar-refractivity contribution < 1.29 is 41.1 Å². The number of carboxylic acids is 1. The van der Waals surface area contributed by atoms with E-state index in [0.29, 0.717) is 42.0 Å². The minimum atomic E-state index is -4.39. The molecule has 0 fully saturated rings. The summed E-state index contributed by atoms with van der Waals surface area (Å²) >= 11 is 0. The Bertz CT molecular complexity index is 3620.